The van der Waals surface area contributed by atoms with Gasteiger partial charge in [0.05, 0.1) is 17.8 Å². The maximum Gasteiger partial charge on any atom is 0.176 e. The summed E-state index contributed by atoms with van der Waals surface area (Å²) in [5, 5.41) is 17.5. The summed E-state index contributed by atoms with van der Waals surface area (Å²) in [6.07, 6.45) is 0. The lowest BCUT2D eigenvalue weighted by Crippen LogP contribution is -1.97. The minimum Gasteiger partial charge on any atom is -0.237 e. The van der Waals surface area contributed by atoms with Crippen LogP contribution in [0.15, 0.2) is 16.6 Å². The first-order chi connectivity index (χ1) is 6.19. The molecule has 0 atom stereocenters. The predicted molar refractivity (Wildman–Crippen MR) is 50.9 cm³/mol. The number of hydrogen-bond acceptors (Lipinski definition) is 3. The van der Waals surface area contributed by atoms with Crippen molar-refractivity contribution in [2.45, 2.75) is 5.92 Å². The van der Waals surface area contributed by atoms with Crippen LogP contribution in [0.2, 0.25) is 5.15 Å². The van der Waals surface area contributed by atoms with Gasteiger partial charge in [0.15, 0.2) is 5.92 Å². The minimum absolute atomic E-state index is 0.272. The lowest BCUT2D eigenvalue weighted by Gasteiger charge is -2.02. The number of pyridine rings is 1. The number of hydrogen-bond donors (Lipinski definition) is 0. The Balaban J connectivity index is 3.23. The van der Waals surface area contributed by atoms with Crippen LogP contribution >= 0.6 is 27.5 Å². The average molecular weight is 256 g/mol. The molecule has 0 aliphatic rings. The molecule has 64 valence electrons. The third-order valence-electron chi connectivity index (χ3n) is 1.37. The van der Waals surface area contributed by atoms with Gasteiger partial charge >= 0.3 is 0 Å². The molecule has 5 heteroatoms. The third kappa shape index (κ3) is 2.18. The van der Waals surface area contributed by atoms with Gasteiger partial charge in [0.25, 0.3) is 0 Å². The van der Waals surface area contributed by atoms with E-state index in [0.717, 1.165) is 0 Å². The second-order valence-electron chi connectivity index (χ2n) is 2.19. The van der Waals surface area contributed by atoms with Gasteiger partial charge < -0.3 is 0 Å². The summed E-state index contributed by atoms with van der Waals surface area (Å²) < 4.78 is 0.616. The van der Waals surface area contributed by atoms with Gasteiger partial charge in [-0.3, -0.25) is 0 Å². The summed E-state index contributed by atoms with van der Waals surface area (Å²) in [4.78, 5) is 3.89. The summed E-state index contributed by atoms with van der Waals surface area (Å²) in [5.41, 5.74) is 0.359. The van der Waals surface area contributed by atoms with Crippen LogP contribution < -0.4 is 0 Å². The molecule has 0 fully saturated rings. The lowest BCUT2D eigenvalue weighted by molar-refractivity contribution is 1.00. The Morgan fingerprint density at radius 1 is 1.38 bits per heavy atom. The number of rotatable bonds is 1. The van der Waals surface area contributed by atoms with Gasteiger partial charge in [-0.2, -0.15) is 10.5 Å². The molecule has 1 rings (SSSR count). The number of halogens is 2. The van der Waals surface area contributed by atoms with Crippen LogP contribution in [0.3, 0.4) is 0 Å². The van der Waals surface area contributed by atoms with Crippen LogP contribution in [0.1, 0.15) is 11.6 Å². The van der Waals surface area contributed by atoms with Crippen molar-refractivity contribution in [2.75, 3.05) is 0 Å². The molecular weight excluding hydrogens is 253 g/mol. The fraction of sp³-hybridized carbons (Fsp3) is 0.125. The summed E-state index contributed by atoms with van der Waals surface area (Å²) >= 11 is 8.81. The Labute approximate surface area is 88.7 Å². The zero-order valence-electron chi connectivity index (χ0n) is 6.33. The first-order valence-electron chi connectivity index (χ1n) is 3.30. The fourth-order valence-electron chi connectivity index (χ4n) is 0.787. The van der Waals surface area contributed by atoms with Crippen LogP contribution in [0, 0.1) is 22.7 Å². The van der Waals surface area contributed by atoms with E-state index in [9.17, 15) is 0 Å². The van der Waals surface area contributed by atoms with Gasteiger partial charge in [0.2, 0.25) is 0 Å². The van der Waals surface area contributed by atoms with Crippen LogP contribution in [-0.4, -0.2) is 4.98 Å². The van der Waals surface area contributed by atoms with Crippen LogP contribution in [0.5, 0.6) is 0 Å². The highest BCUT2D eigenvalue weighted by Crippen LogP contribution is 2.23. The zero-order valence-corrected chi connectivity index (χ0v) is 8.67. The SMILES string of the molecule is N#CC(C#N)c1nc(Cl)ccc1Br. The minimum atomic E-state index is -0.881. The highest BCUT2D eigenvalue weighted by atomic mass is 79.9. The van der Waals surface area contributed by atoms with Crippen molar-refractivity contribution in [2.24, 2.45) is 0 Å². The van der Waals surface area contributed by atoms with E-state index >= 15 is 0 Å². The van der Waals surface area contributed by atoms with Crippen molar-refractivity contribution >= 4 is 27.5 Å². The molecule has 0 radical (unpaired) electrons. The van der Waals surface area contributed by atoms with E-state index in [0.29, 0.717) is 10.2 Å². The van der Waals surface area contributed by atoms with Crippen molar-refractivity contribution in [1.29, 1.82) is 10.5 Å². The van der Waals surface area contributed by atoms with Crippen molar-refractivity contribution in [3.05, 3.63) is 27.5 Å². The number of aromatic nitrogens is 1. The highest BCUT2D eigenvalue weighted by Gasteiger charge is 2.14. The molecule has 13 heavy (non-hydrogen) atoms. The summed E-state index contributed by atoms with van der Waals surface area (Å²) in [6, 6.07) is 6.89. The van der Waals surface area contributed by atoms with Gasteiger partial charge in [-0.15, -0.1) is 0 Å². The molecule has 0 aliphatic heterocycles. The van der Waals surface area contributed by atoms with Crippen molar-refractivity contribution < 1.29 is 0 Å². The second kappa shape index (κ2) is 4.23. The standard InChI is InChI=1S/C8H3BrClN3/c9-6-1-2-7(10)13-8(6)5(3-11)4-12/h1-2,5H. The normalized spacial score (nSPS) is 9.31. The Hall–Kier alpha value is -1.10. The van der Waals surface area contributed by atoms with E-state index in [1.807, 2.05) is 12.1 Å². The Bertz CT molecular complexity index is 391. The fourth-order valence-corrected chi connectivity index (χ4v) is 1.39. The molecule has 0 saturated heterocycles. The molecule has 1 heterocycles. The molecule has 0 saturated carbocycles. The molecule has 0 unspecified atom stereocenters. The van der Waals surface area contributed by atoms with E-state index in [2.05, 4.69) is 20.9 Å². The van der Waals surface area contributed by atoms with E-state index in [4.69, 9.17) is 22.1 Å². The summed E-state index contributed by atoms with van der Waals surface area (Å²) in [7, 11) is 0. The maximum absolute atomic E-state index is 8.62. The van der Waals surface area contributed by atoms with Crippen molar-refractivity contribution in [3.8, 4) is 12.1 Å². The van der Waals surface area contributed by atoms with E-state index in [1.165, 1.54) is 0 Å². The Kier molecular flexibility index (Phi) is 3.25. The van der Waals surface area contributed by atoms with Crippen LogP contribution in [0.4, 0.5) is 0 Å². The number of nitrogens with zero attached hydrogens (tertiary/aromatic N) is 3. The van der Waals surface area contributed by atoms with Crippen LogP contribution in [-0.2, 0) is 0 Å². The van der Waals surface area contributed by atoms with E-state index < -0.39 is 5.92 Å². The molecule has 0 aliphatic carbocycles. The Morgan fingerprint density at radius 2 is 2.00 bits per heavy atom. The van der Waals surface area contributed by atoms with Gasteiger partial charge in [-0.25, -0.2) is 4.98 Å². The first kappa shape index (κ1) is 9.98. The van der Waals surface area contributed by atoms with Crippen molar-refractivity contribution in [3.63, 3.8) is 0 Å². The zero-order chi connectivity index (χ0) is 9.84. The quantitative estimate of drug-likeness (QED) is 0.726. The predicted octanol–water partition coefficient (Wildman–Crippen LogP) is 2.63. The second-order valence-corrected chi connectivity index (χ2v) is 3.43. The molecular formula is C8H3BrClN3. The van der Waals surface area contributed by atoms with Gasteiger partial charge in [-0.1, -0.05) is 11.6 Å². The molecule has 3 nitrogen and oxygen atoms in total. The summed E-state index contributed by atoms with van der Waals surface area (Å²) in [6.45, 7) is 0. The first-order valence-corrected chi connectivity index (χ1v) is 4.47. The molecule has 0 amide bonds. The number of nitriles is 2. The van der Waals surface area contributed by atoms with Gasteiger partial charge in [0.1, 0.15) is 5.15 Å². The average Bonchev–Trinajstić information content (AvgIpc) is 2.13. The van der Waals surface area contributed by atoms with Gasteiger partial charge in [0, 0.05) is 4.47 Å². The van der Waals surface area contributed by atoms with E-state index in [1.54, 1.807) is 12.1 Å². The smallest absolute Gasteiger partial charge is 0.176 e. The van der Waals surface area contributed by atoms with Crippen LogP contribution in [0.25, 0.3) is 0 Å². The Morgan fingerprint density at radius 3 is 2.54 bits per heavy atom. The highest BCUT2D eigenvalue weighted by molar-refractivity contribution is 9.10. The summed E-state index contributed by atoms with van der Waals surface area (Å²) in [5.74, 6) is -0.881. The van der Waals surface area contributed by atoms with Gasteiger partial charge in [-0.05, 0) is 28.1 Å². The topological polar surface area (TPSA) is 60.5 Å². The largest absolute Gasteiger partial charge is 0.237 e. The molecule has 1 aromatic rings. The van der Waals surface area contributed by atoms with E-state index in [-0.39, 0.29) is 5.15 Å². The monoisotopic (exact) mass is 255 g/mol. The molecule has 1 aromatic heterocycles. The maximum atomic E-state index is 8.62. The molecule has 0 N–H and O–H groups in total. The lowest BCUT2D eigenvalue weighted by atomic mass is 10.1. The molecule has 0 bridgehead atoms. The third-order valence-corrected chi connectivity index (χ3v) is 2.25. The molecule has 0 spiro atoms. The molecule has 0 aromatic carbocycles. The van der Waals surface area contributed by atoms with Crippen molar-refractivity contribution in [1.82, 2.24) is 4.98 Å².